The summed E-state index contributed by atoms with van der Waals surface area (Å²) in [6, 6.07) is -0.468. The zero-order valence-corrected chi connectivity index (χ0v) is 43.3. The zero-order valence-electron chi connectivity index (χ0n) is 43.3. The van der Waals surface area contributed by atoms with Gasteiger partial charge in [-0.25, -0.2) is 0 Å². The van der Waals surface area contributed by atoms with Gasteiger partial charge in [0.05, 0.1) is 30.5 Å². The molecule has 376 valence electrons. The highest BCUT2D eigenvalue weighted by molar-refractivity contribution is 5.77. The minimum Gasteiger partial charge on any atom is -0.465 e. The molecule has 1 rings (SSSR count). The van der Waals surface area contributed by atoms with E-state index in [1.54, 1.807) is 0 Å². The van der Waals surface area contributed by atoms with Gasteiger partial charge in [-0.2, -0.15) is 0 Å². The number of rotatable bonds is 42. The van der Waals surface area contributed by atoms with Crippen LogP contribution in [-0.4, -0.2) is 98.9 Å². The lowest BCUT2D eigenvalue weighted by Gasteiger charge is -2.27. The van der Waals surface area contributed by atoms with Gasteiger partial charge in [-0.15, -0.1) is 0 Å². The van der Waals surface area contributed by atoms with E-state index in [9.17, 15) is 19.2 Å². The molecular formula is C54H102N2O8. The standard InChI is InChI=1S/C54H102N2O8/c1-10-13-16-19-21-22-23-26-34-43-62-51(59)53(4,5)39-31-32-40-56-45-47(63-49(57)37-41-55(8)9)44-48(56)50(58)61-42-33-27-25-30-38-54(6,7)52(60)64-46(35-28-18-15-12-3)36-29-24-20-17-14-11-2/h46-48H,10-45H2,1-9H3/t46?,47-,48-/m0/s1. The highest BCUT2D eigenvalue weighted by Crippen LogP contribution is 2.30. The third-order valence-electron chi connectivity index (χ3n) is 13.3. The topological polar surface area (TPSA) is 112 Å². The average Bonchev–Trinajstić information content (AvgIpc) is 3.66. The maximum Gasteiger partial charge on any atom is 0.323 e. The fourth-order valence-corrected chi connectivity index (χ4v) is 8.67. The number of carbonyl (C=O) groups is 4. The van der Waals surface area contributed by atoms with Crippen molar-refractivity contribution in [2.45, 2.75) is 266 Å². The summed E-state index contributed by atoms with van der Waals surface area (Å²) in [4.78, 5) is 56.5. The first kappa shape index (κ1) is 59.8. The largest absolute Gasteiger partial charge is 0.465 e. The van der Waals surface area contributed by atoms with Crippen molar-refractivity contribution in [3.8, 4) is 0 Å². The molecule has 0 aliphatic carbocycles. The van der Waals surface area contributed by atoms with Crippen molar-refractivity contribution in [3.05, 3.63) is 0 Å². The second-order valence-electron chi connectivity index (χ2n) is 20.9. The maximum absolute atomic E-state index is 13.5. The summed E-state index contributed by atoms with van der Waals surface area (Å²) in [5.41, 5.74) is -1.10. The molecule has 1 aliphatic rings. The molecule has 1 fully saturated rings. The van der Waals surface area contributed by atoms with Gasteiger partial charge in [0.1, 0.15) is 18.2 Å². The monoisotopic (exact) mass is 907 g/mol. The number of esters is 4. The van der Waals surface area contributed by atoms with Gasteiger partial charge in [0.25, 0.3) is 0 Å². The van der Waals surface area contributed by atoms with Crippen molar-refractivity contribution in [1.29, 1.82) is 0 Å². The molecule has 0 amide bonds. The van der Waals surface area contributed by atoms with E-state index in [1.165, 1.54) is 96.3 Å². The van der Waals surface area contributed by atoms with Gasteiger partial charge in [0, 0.05) is 19.5 Å². The van der Waals surface area contributed by atoms with Gasteiger partial charge in [-0.05, 0) is 106 Å². The summed E-state index contributed by atoms with van der Waals surface area (Å²) in [6.45, 7) is 17.3. The summed E-state index contributed by atoms with van der Waals surface area (Å²) in [5, 5.41) is 0. The zero-order chi connectivity index (χ0) is 47.5. The molecule has 1 saturated heterocycles. The molecule has 0 aromatic heterocycles. The first-order chi connectivity index (χ1) is 30.7. The molecule has 1 heterocycles. The SMILES string of the molecule is CCCCCCCCCCCOC(=O)C(C)(C)CCCCN1C[C@@H](OC(=O)CCN(C)C)C[C@H]1C(=O)OCCCCCCC(C)(C)C(=O)OC(CCCCCC)CCCCCCCC. The molecule has 0 radical (unpaired) electrons. The maximum atomic E-state index is 13.5. The molecule has 1 unspecified atom stereocenters. The Morgan fingerprint density at radius 2 is 1.03 bits per heavy atom. The van der Waals surface area contributed by atoms with Crippen LogP contribution in [0.3, 0.4) is 0 Å². The van der Waals surface area contributed by atoms with Crippen molar-refractivity contribution in [1.82, 2.24) is 9.80 Å². The normalized spacial score (nSPS) is 16.3. The lowest BCUT2D eigenvalue weighted by molar-refractivity contribution is -0.161. The number of unbranched alkanes of at least 4 members (excludes halogenated alkanes) is 20. The van der Waals surface area contributed by atoms with E-state index in [0.717, 1.165) is 83.5 Å². The van der Waals surface area contributed by atoms with Crippen LogP contribution in [0.1, 0.15) is 248 Å². The van der Waals surface area contributed by atoms with E-state index < -0.39 is 16.9 Å². The van der Waals surface area contributed by atoms with Crippen LogP contribution in [0.4, 0.5) is 0 Å². The molecule has 3 atom stereocenters. The smallest absolute Gasteiger partial charge is 0.323 e. The van der Waals surface area contributed by atoms with Crippen molar-refractivity contribution >= 4 is 23.9 Å². The molecule has 0 aromatic carbocycles. The van der Waals surface area contributed by atoms with Gasteiger partial charge in [0.2, 0.25) is 0 Å². The fraction of sp³-hybridized carbons (Fsp3) is 0.926. The summed E-state index contributed by atoms with van der Waals surface area (Å²) >= 11 is 0. The van der Waals surface area contributed by atoms with Crippen LogP contribution in [0.2, 0.25) is 0 Å². The highest BCUT2D eigenvalue weighted by atomic mass is 16.6. The van der Waals surface area contributed by atoms with Crippen molar-refractivity contribution < 1.29 is 38.1 Å². The van der Waals surface area contributed by atoms with Gasteiger partial charge in [0.15, 0.2) is 0 Å². The average molecular weight is 907 g/mol. The number of likely N-dealkylation sites (tertiary alicyclic amines) is 1. The molecule has 0 saturated carbocycles. The molecule has 10 heteroatoms. The van der Waals surface area contributed by atoms with Gasteiger partial charge >= 0.3 is 23.9 Å². The summed E-state index contributed by atoms with van der Waals surface area (Å²) in [7, 11) is 3.85. The summed E-state index contributed by atoms with van der Waals surface area (Å²) < 4.78 is 23.6. The Kier molecular flexibility index (Phi) is 34.5. The highest BCUT2D eigenvalue weighted by Gasteiger charge is 2.39. The molecular weight excluding hydrogens is 805 g/mol. The van der Waals surface area contributed by atoms with E-state index in [0.29, 0.717) is 52.1 Å². The lowest BCUT2D eigenvalue weighted by atomic mass is 9.86. The second-order valence-corrected chi connectivity index (χ2v) is 20.9. The minimum absolute atomic E-state index is 0.0209. The fourth-order valence-electron chi connectivity index (χ4n) is 8.67. The van der Waals surface area contributed by atoms with Crippen LogP contribution in [0.15, 0.2) is 0 Å². The summed E-state index contributed by atoms with van der Waals surface area (Å²) in [6.07, 6.45) is 32.2. The van der Waals surface area contributed by atoms with E-state index in [2.05, 4.69) is 25.7 Å². The number of hydrogen-bond acceptors (Lipinski definition) is 10. The van der Waals surface area contributed by atoms with E-state index >= 15 is 0 Å². The number of nitrogens with zero attached hydrogens (tertiary/aromatic N) is 2. The van der Waals surface area contributed by atoms with Crippen molar-refractivity contribution in [3.63, 3.8) is 0 Å². The number of carbonyl (C=O) groups excluding carboxylic acids is 4. The predicted molar refractivity (Wildman–Crippen MR) is 263 cm³/mol. The Bertz CT molecular complexity index is 1210. The number of ether oxygens (including phenoxy) is 4. The van der Waals surface area contributed by atoms with Crippen LogP contribution in [-0.2, 0) is 38.1 Å². The van der Waals surface area contributed by atoms with Crippen LogP contribution in [0.25, 0.3) is 0 Å². The third kappa shape index (κ3) is 29.4. The quantitative estimate of drug-likeness (QED) is 0.0333. The van der Waals surface area contributed by atoms with Crippen LogP contribution in [0, 0.1) is 10.8 Å². The molecule has 0 spiro atoms. The van der Waals surface area contributed by atoms with Gasteiger partial charge < -0.3 is 23.8 Å². The van der Waals surface area contributed by atoms with Crippen molar-refractivity contribution in [2.75, 3.05) is 46.9 Å². The lowest BCUT2D eigenvalue weighted by Crippen LogP contribution is -2.38. The third-order valence-corrected chi connectivity index (χ3v) is 13.3. The Labute approximate surface area is 394 Å². The number of hydrogen-bond donors (Lipinski definition) is 0. The Morgan fingerprint density at radius 3 is 1.58 bits per heavy atom. The Balaban J connectivity index is 2.55. The first-order valence-corrected chi connectivity index (χ1v) is 26.8. The van der Waals surface area contributed by atoms with Gasteiger partial charge in [-0.3, -0.25) is 24.1 Å². The van der Waals surface area contributed by atoms with E-state index in [-0.39, 0.29) is 36.1 Å². The molecule has 0 bridgehead atoms. The van der Waals surface area contributed by atoms with E-state index in [4.69, 9.17) is 18.9 Å². The second kappa shape index (κ2) is 36.9. The van der Waals surface area contributed by atoms with E-state index in [1.807, 2.05) is 46.7 Å². The van der Waals surface area contributed by atoms with Gasteiger partial charge in [-0.1, -0.05) is 149 Å². The first-order valence-electron chi connectivity index (χ1n) is 26.8. The van der Waals surface area contributed by atoms with Crippen LogP contribution >= 0.6 is 0 Å². The van der Waals surface area contributed by atoms with Crippen molar-refractivity contribution in [2.24, 2.45) is 10.8 Å². The molecule has 10 nitrogen and oxygen atoms in total. The molecule has 64 heavy (non-hydrogen) atoms. The minimum atomic E-state index is -0.574. The van der Waals surface area contributed by atoms with Crippen LogP contribution < -0.4 is 0 Å². The molecule has 0 aromatic rings. The Hall–Kier alpha value is -2.20. The Morgan fingerprint density at radius 1 is 0.578 bits per heavy atom. The summed E-state index contributed by atoms with van der Waals surface area (Å²) in [5.74, 6) is -0.716. The molecule has 0 N–H and O–H groups in total. The predicted octanol–water partition coefficient (Wildman–Crippen LogP) is 13.3. The molecule has 1 aliphatic heterocycles. The van der Waals surface area contributed by atoms with Crippen LogP contribution in [0.5, 0.6) is 0 Å².